The molecule has 2 atom stereocenters. The van der Waals surface area contributed by atoms with Crippen molar-refractivity contribution in [2.24, 2.45) is 5.73 Å². The number of nitrogens with two attached hydrogens (primary N) is 1. The van der Waals surface area contributed by atoms with Crippen LogP contribution in [-0.2, 0) is 0 Å². The van der Waals surface area contributed by atoms with Crippen molar-refractivity contribution in [2.45, 2.75) is 18.9 Å². The Morgan fingerprint density at radius 2 is 1.78 bits per heavy atom. The van der Waals surface area contributed by atoms with Gasteiger partial charge in [-0.2, -0.15) is 0 Å². The standard InChI is InChI=1S/C15H18N2O/c1-11(9-16)12-4-6-13(7-5-12)15(18)14-3-2-8-17-10-14/h2-8,10-11,15,18H,9,16H2,1H3. The van der Waals surface area contributed by atoms with Crippen molar-refractivity contribution < 1.29 is 5.11 Å². The van der Waals surface area contributed by atoms with Crippen LogP contribution in [0.25, 0.3) is 0 Å². The summed E-state index contributed by atoms with van der Waals surface area (Å²) in [6.45, 7) is 2.72. The van der Waals surface area contributed by atoms with Gasteiger partial charge in [-0.1, -0.05) is 37.3 Å². The van der Waals surface area contributed by atoms with Crippen LogP contribution in [-0.4, -0.2) is 16.6 Å². The molecule has 0 fully saturated rings. The first-order valence-electron chi connectivity index (χ1n) is 6.10. The monoisotopic (exact) mass is 242 g/mol. The van der Waals surface area contributed by atoms with Crippen LogP contribution in [0.15, 0.2) is 48.8 Å². The van der Waals surface area contributed by atoms with Gasteiger partial charge in [0, 0.05) is 18.0 Å². The minimum absolute atomic E-state index is 0.342. The molecule has 2 unspecified atom stereocenters. The summed E-state index contributed by atoms with van der Waals surface area (Å²) in [6, 6.07) is 11.6. The summed E-state index contributed by atoms with van der Waals surface area (Å²) in [6.07, 6.45) is 2.75. The predicted octanol–water partition coefficient (Wildman–Crippen LogP) is 2.23. The normalized spacial score (nSPS) is 14.2. The van der Waals surface area contributed by atoms with Crippen molar-refractivity contribution in [2.75, 3.05) is 6.54 Å². The topological polar surface area (TPSA) is 59.1 Å². The van der Waals surface area contributed by atoms with Crippen molar-refractivity contribution in [1.82, 2.24) is 4.98 Å². The lowest BCUT2D eigenvalue weighted by molar-refractivity contribution is 0.220. The number of aliphatic hydroxyl groups is 1. The molecule has 0 saturated heterocycles. The lowest BCUT2D eigenvalue weighted by Gasteiger charge is -2.13. The Hall–Kier alpha value is -1.71. The zero-order chi connectivity index (χ0) is 13.0. The maximum Gasteiger partial charge on any atom is 0.106 e. The SMILES string of the molecule is CC(CN)c1ccc(C(O)c2cccnc2)cc1. The average Bonchev–Trinajstić information content (AvgIpc) is 2.47. The molecule has 1 heterocycles. The number of pyridine rings is 1. The Labute approximate surface area is 107 Å². The maximum absolute atomic E-state index is 10.2. The number of aliphatic hydroxyl groups excluding tert-OH is 1. The number of hydrogen-bond acceptors (Lipinski definition) is 3. The number of hydrogen-bond donors (Lipinski definition) is 2. The van der Waals surface area contributed by atoms with Gasteiger partial charge < -0.3 is 10.8 Å². The van der Waals surface area contributed by atoms with E-state index in [1.807, 2.05) is 36.4 Å². The third-order valence-corrected chi connectivity index (χ3v) is 3.17. The van der Waals surface area contributed by atoms with Crippen LogP contribution in [0.4, 0.5) is 0 Å². The van der Waals surface area contributed by atoms with E-state index in [1.165, 1.54) is 5.56 Å². The van der Waals surface area contributed by atoms with Crippen LogP contribution in [0.3, 0.4) is 0 Å². The molecule has 0 saturated carbocycles. The van der Waals surface area contributed by atoms with E-state index in [0.29, 0.717) is 12.5 Å². The first-order chi connectivity index (χ1) is 8.72. The second-order valence-corrected chi connectivity index (χ2v) is 4.49. The first kappa shape index (κ1) is 12.7. The molecule has 0 amide bonds. The molecule has 1 aromatic heterocycles. The third-order valence-electron chi connectivity index (χ3n) is 3.17. The fraction of sp³-hybridized carbons (Fsp3) is 0.267. The largest absolute Gasteiger partial charge is 0.384 e. The maximum atomic E-state index is 10.2. The van der Waals surface area contributed by atoms with Gasteiger partial charge in [-0.15, -0.1) is 0 Å². The van der Waals surface area contributed by atoms with Gasteiger partial charge >= 0.3 is 0 Å². The van der Waals surface area contributed by atoms with Gasteiger partial charge in [0.2, 0.25) is 0 Å². The Morgan fingerprint density at radius 3 is 2.33 bits per heavy atom. The van der Waals surface area contributed by atoms with E-state index in [1.54, 1.807) is 12.4 Å². The Morgan fingerprint density at radius 1 is 1.11 bits per heavy atom. The van der Waals surface area contributed by atoms with Crippen molar-refractivity contribution >= 4 is 0 Å². The molecule has 3 nitrogen and oxygen atoms in total. The van der Waals surface area contributed by atoms with Crippen LogP contribution in [0, 0.1) is 0 Å². The Kier molecular flexibility index (Phi) is 4.07. The van der Waals surface area contributed by atoms with Gasteiger partial charge in [0.1, 0.15) is 6.10 Å². The lowest BCUT2D eigenvalue weighted by atomic mass is 9.97. The molecule has 3 N–H and O–H groups in total. The van der Waals surface area contributed by atoms with E-state index in [4.69, 9.17) is 5.73 Å². The summed E-state index contributed by atoms with van der Waals surface area (Å²) in [5.41, 5.74) is 8.50. The highest BCUT2D eigenvalue weighted by molar-refractivity contribution is 5.31. The lowest BCUT2D eigenvalue weighted by Crippen LogP contribution is -2.09. The molecule has 94 valence electrons. The second kappa shape index (κ2) is 5.76. The van der Waals surface area contributed by atoms with Crippen molar-refractivity contribution in [3.8, 4) is 0 Å². The van der Waals surface area contributed by atoms with Gasteiger partial charge in [0.15, 0.2) is 0 Å². The Bertz CT molecular complexity index is 482. The fourth-order valence-electron chi connectivity index (χ4n) is 1.87. The summed E-state index contributed by atoms with van der Waals surface area (Å²) in [4.78, 5) is 4.01. The predicted molar refractivity (Wildman–Crippen MR) is 72.2 cm³/mol. The minimum atomic E-state index is -0.624. The van der Waals surface area contributed by atoms with Crippen LogP contribution in [0.2, 0.25) is 0 Å². The average molecular weight is 242 g/mol. The van der Waals surface area contributed by atoms with Gasteiger partial charge in [0.25, 0.3) is 0 Å². The smallest absolute Gasteiger partial charge is 0.106 e. The summed E-state index contributed by atoms with van der Waals surface area (Å²) in [5.74, 6) is 0.342. The number of benzene rings is 1. The molecule has 18 heavy (non-hydrogen) atoms. The first-order valence-corrected chi connectivity index (χ1v) is 6.10. The van der Waals surface area contributed by atoms with E-state index in [2.05, 4.69) is 11.9 Å². The molecule has 2 rings (SSSR count). The van der Waals surface area contributed by atoms with Gasteiger partial charge in [-0.25, -0.2) is 0 Å². The summed E-state index contributed by atoms with van der Waals surface area (Å²) in [5, 5.41) is 10.2. The highest BCUT2D eigenvalue weighted by atomic mass is 16.3. The Balaban J connectivity index is 2.19. The molecule has 0 aliphatic carbocycles. The summed E-state index contributed by atoms with van der Waals surface area (Å²) in [7, 11) is 0. The van der Waals surface area contributed by atoms with Gasteiger partial charge in [-0.3, -0.25) is 4.98 Å². The van der Waals surface area contributed by atoms with E-state index in [9.17, 15) is 5.11 Å². The molecule has 1 aromatic carbocycles. The van der Waals surface area contributed by atoms with Crippen LogP contribution in [0.5, 0.6) is 0 Å². The van der Waals surface area contributed by atoms with E-state index >= 15 is 0 Å². The summed E-state index contributed by atoms with van der Waals surface area (Å²) < 4.78 is 0. The van der Waals surface area contributed by atoms with Gasteiger partial charge in [0.05, 0.1) is 0 Å². The van der Waals surface area contributed by atoms with Crippen LogP contribution in [0.1, 0.15) is 35.6 Å². The quantitative estimate of drug-likeness (QED) is 0.864. The molecular weight excluding hydrogens is 224 g/mol. The second-order valence-electron chi connectivity index (χ2n) is 4.49. The van der Waals surface area contributed by atoms with Crippen molar-refractivity contribution in [3.05, 3.63) is 65.5 Å². The molecule has 0 bridgehead atoms. The summed E-state index contributed by atoms with van der Waals surface area (Å²) >= 11 is 0. The zero-order valence-corrected chi connectivity index (χ0v) is 10.5. The van der Waals surface area contributed by atoms with E-state index in [0.717, 1.165) is 11.1 Å². The van der Waals surface area contributed by atoms with E-state index < -0.39 is 6.10 Å². The van der Waals surface area contributed by atoms with Crippen molar-refractivity contribution in [1.29, 1.82) is 0 Å². The number of nitrogens with zero attached hydrogens (tertiary/aromatic N) is 1. The molecule has 0 aliphatic rings. The molecular formula is C15H18N2O. The van der Waals surface area contributed by atoms with Crippen LogP contribution >= 0.6 is 0 Å². The molecule has 0 spiro atoms. The minimum Gasteiger partial charge on any atom is -0.384 e. The molecule has 2 aromatic rings. The highest BCUT2D eigenvalue weighted by Gasteiger charge is 2.11. The molecule has 3 heteroatoms. The number of rotatable bonds is 4. The fourth-order valence-corrected chi connectivity index (χ4v) is 1.87. The van der Waals surface area contributed by atoms with Crippen LogP contribution < -0.4 is 5.73 Å². The zero-order valence-electron chi connectivity index (χ0n) is 10.5. The highest BCUT2D eigenvalue weighted by Crippen LogP contribution is 2.23. The number of aromatic nitrogens is 1. The molecule has 0 aliphatic heterocycles. The van der Waals surface area contributed by atoms with Gasteiger partial charge in [-0.05, 0) is 29.7 Å². The molecule has 0 radical (unpaired) electrons. The van der Waals surface area contributed by atoms with Crippen molar-refractivity contribution in [3.63, 3.8) is 0 Å². The van der Waals surface area contributed by atoms with E-state index in [-0.39, 0.29) is 0 Å². The third kappa shape index (κ3) is 2.75.